The molecule has 0 amide bonds. The maximum atomic E-state index is 11.5. The predicted octanol–water partition coefficient (Wildman–Crippen LogP) is 0.779. The standard InChI is InChI=1S/C9H8N2O3S/c1-15(13,14)7-2-3-10-9-8(7)6(5-12)4-11-9/h2-5H,1H3,(H,10,11). The minimum absolute atomic E-state index is 0.121. The molecule has 0 unspecified atom stereocenters. The lowest BCUT2D eigenvalue weighted by Gasteiger charge is -1.99. The first-order valence-corrected chi connectivity index (χ1v) is 6.04. The molecule has 78 valence electrons. The third-order valence-electron chi connectivity index (χ3n) is 2.09. The lowest BCUT2D eigenvalue weighted by molar-refractivity contribution is 0.112. The summed E-state index contributed by atoms with van der Waals surface area (Å²) in [6, 6.07) is 1.39. The SMILES string of the molecule is CS(=O)(=O)c1ccnc2[nH]cc(C=O)c12. The van der Waals surface area contributed by atoms with Gasteiger partial charge in [0.05, 0.1) is 4.90 Å². The molecule has 0 saturated carbocycles. The van der Waals surface area contributed by atoms with Crippen molar-refractivity contribution in [1.82, 2.24) is 9.97 Å². The molecule has 0 aromatic carbocycles. The first-order valence-electron chi connectivity index (χ1n) is 4.15. The van der Waals surface area contributed by atoms with Gasteiger partial charge in [0.15, 0.2) is 16.1 Å². The summed E-state index contributed by atoms with van der Waals surface area (Å²) in [5.41, 5.74) is 0.707. The molecule has 0 radical (unpaired) electrons. The summed E-state index contributed by atoms with van der Waals surface area (Å²) >= 11 is 0. The molecule has 2 rings (SSSR count). The normalized spacial score (nSPS) is 11.8. The fourth-order valence-electron chi connectivity index (χ4n) is 1.45. The second-order valence-corrected chi connectivity index (χ2v) is 5.15. The number of carbonyl (C=O) groups excluding carboxylic acids is 1. The fraction of sp³-hybridized carbons (Fsp3) is 0.111. The van der Waals surface area contributed by atoms with Crippen LogP contribution in [0.15, 0.2) is 23.4 Å². The first-order chi connectivity index (χ1) is 7.04. The Labute approximate surface area is 86.1 Å². The molecule has 0 atom stereocenters. The molecule has 5 nitrogen and oxygen atoms in total. The van der Waals surface area contributed by atoms with Gasteiger partial charge < -0.3 is 4.98 Å². The number of rotatable bonds is 2. The number of pyridine rings is 1. The lowest BCUT2D eigenvalue weighted by atomic mass is 10.2. The van der Waals surface area contributed by atoms with Gasteiger partial charge in [-0.3, -0.25) is 4.79 Å². The van der Waals surface area contributed by atoms with Gasteiger partial charge in [0.2, 0.25) is 0 Å². The van der Waals surface area contributed by atoms with Gasteiger partial charge >= 0.3 is 0 Å². The van der Waals surface area contributed by atoms with E-state index in [0.717, 1.165) is 6.26 Å². The molecule has 0 aliphatic rings. The van der Waals surface area contributed by atoms with Crippen LogP contribution in [-0.4, -0.2) is 30.9 Å². The molecule has 15 heavy (non-hydrogen) atoms. The summed E-state index contributed by atoms with van der Waals surface area (Å²) in [7, 11) is -3.35. The Morgan fingerprint density at radius 3 is 2.80 bits per heavy atom. The quantitative estimate of drug-likeness (QED) is 0.764. The molecule has 2 aromatic rings. The van der Waals surface area contributed by atoms with Crippen molar-refractivity contribution in [2.45, 2.75) is 4.90 Å². The summed E-state index contributed by atoms with van der Waals surface area (Å²) < 4.78 is 22.9. The van der Waals surface area contributed by atoms with Crippen LogP contribution in [0.5, 0.6) is 0 Å². The van der Waals surface area contributed by atoms with Gasteiger partial charge in [-0.15, -0.1) is 0 Å². The zero-order valence-electron chi connectivity index (χ0n) is 7.89. The number of carbonyl (C=O) groups is 1. The van der Waals surface area contributed by atoms with E-state index in [4.69, 9.17) is 0 Å². The van der Waals surface area contributed by atoms with Crippen molar-refractivity contribution in [3.63, 3.8) is 0 Å². The fourth-order valence-corrected chi connectivity index (χ4v) is 2.35. The molecule has 0 aliphatic heterocycles. The highest BCUT2D eigenvalue weighted by atomic mass is 32.2. The second kappa shape index (κ2) is 3.16. The highest BCUT2D eigenvalue weighted by Gasteiger charge is 2.16. The molecule has 0 saturated heterocycles. The van der Waals surface area contributed by atoms with Crippen LogP contribution < -0.4 is 0 Å². The van der Waals surface area contributed by atoms with E-state index in [1.54, 1.807) is 0 Å². The van der Waals surface area contributed by atoms with Crippen LogP contribution in [0.4, 0.5) is 0 Å². The van der Waals surface area contributed by atoms with Crippen molar-refractivity contribution in [2.75, 3.05) is 6.26 Å². The number of aromatic nitrogens is 2. The molecule has 1 N–H and O–H groups in total. The van der Waals surface area contributed by atoms with E-state index in [0.29, 0.717) is 22.9 Å². The Kier molecular flexibility index (Phi) is 2.08. The van der Waals surface area contributed by atoms with Gasteiger partial charge in [-0.2, -0.15) is 0 Å². The Morgan fingerprint density at radius 1 is 1.47 bits per heavy atom. The van der Waals surface area contributed by atoms with Crippen LogP contribution in [0.1, 0.15) is 10.4 Å². The summed E-state index contributed by atoms with van der Waals surface area (Å²) in [6.45, 7) is 0. The first kappa shape index (κ1) is 9.85. The van der Waals surface area contributed by atoms with E-state index in [1.807, 2.05) is 0 Å². The highest BCUT2D eigenvalue weighted by molar-refractivity contribution is 7.91. The van der Waals surface area contributed by atoms with E-state index >= 15 is 0 Å². The maximum Gasteiger partial charge on any atom is 0.176 e. The van der Waals surface area contributed by atoms with Gasteiger partial charge in [0, 0.05) is 29.6 Å². The molecule has 0 spiro atoms. The van der Waals surface area contributed by atoms with E-state index in [1.165, 1.54) is 18.5 Å². The lowest BCUT2D eigenvalue weighted by Crippen LogP contribution is -1.99. The number of aldehydes is 1. The molecule has 0 fully saturated rings. The average Bonchev–Trinajstić information content (AvgIpc) is 2.58. The number of hydrogen-bond donors (Lipinski definition) is 1. The number of H-pyrrole nitrogens is 1. The number of nitrogens with zero attached hydrogens (tertiary/aromatic N) is 1. The third kappa shape index (κ3) is 1.52. The zero-order chi connectivity index (χ0) is 11.1. The molecule has 2 aromatic heterocycles. The van der Waals surface area contributed by atoms with E-state index in [9.17, 15) is 13.2 Å². The summed E-state index contributed by atoms with van der Waals surface area (Å²) in [5.74, 6) is 0. The van der Waals surface area contributed by atoms with Gasteiger partial charge in [-0.25, -0.2) is 13.4 Å². The zero-order valence-corrected chi connectivity index (χ0v) is 8.71. The molecule has 6 heteroatoms. The Balaban J connectivity index is 2.97. The number of fused-ring (bicyclic) bond motifs is 1. The number of nitrogens with one attached hydrogen (secondary N) is 1. The van der Waals surface area contributed by atoms with Gasteiger partial charge in [-0.05, 0) is 6.07 Å². The molecule has 2 heterocycles. The van der Waals surface area contributed by atoms with Gasteiger partial charge in [0.1, 0.15) is 5.65 Å². The minimum Gasteiger partial charge on any atom is -0.345 e. The van der Waals surface area contributed by atoms with Crippen molar-refractivity contribution >= 4 is 27.2 Å². The van der Waals surface area contributed by atoms with Crippen LogP contribution in [0.25, 0.3) is 11.0 Å². The van der Waals surface area contributed by atoms with Crippen LogP contribution >= 0.6 is 0 Å². The molecular weight excluding hydrogens is 216 g/mol. The topological polar surface area (TPSA) is 79.9 Å². The van der Waals surface area contributed by atoms with Crippen molar-refractivity contribution < 1.29 is 13.2 Å². The van der Waals surface area contributed by atoms with Crippen LogP contribution in [0, 0.1) is 0 Å². The van der Waals surface area contributed by atoms with Crippen LogP contribution in [0.2, 0.25) is 0 Å². The van der Waals surface area contributed by atoms with E-state index in [-0.39, 0.29) is 4.90 Å². The average molecular weight is 224 g/mol. The minimum atomic E-state index is -3.35. The summed E-state index contributed by atoms with van der Waals surface area (Å²) in [5, 5.41) is 0.356. The number of sulfone groups is 1. The second-order valence-electron chi connectivity index (χ2n) is 3.17. The molecular formula is C9H8N2O3S. The molecule has 0 aliphatic carbocycles. The van der Waals surface area contributed by atoms with Crippen molar-refractivity contribution in [2.24, 2.45) is 0 Å². The summed E-state index contributed by atoms with van der Waals surface area (Å²) in [6.07, 6.45) is 4.54. The molecule has 0 bridgehead atoms. The van der Waals surface area contributed by atoms with Crippen molar-refractivity contribution in [3.8, 4) is 0 Å². The maximum absolute atomic E-state index is 11.5. The van der Waals surface area contributed by atoms with Crippen LogP contribution in [0.3, 0.4) is 0 Å². The Hall–Kier alpha value is -1.69. The largest absolute Gasteiger partial charge is 0.345 e. The monoisotopic (exact) mass is 224 g/mol. The smallest absolute Gasteiger partial charge is 0.176 e. The van der Waals surface area contributed by atoms with Gasteiger partial charge in [-0.1, -0.05) is 0 Å². The van der Waals surface area contributed by atoms with E-state index in [2.05, 4.69) is 9.97 Å². The number of hydrogen-bond acceptors (Lipinski definition) is 4. The predicted molar refractivity (Wildman–Crippen MR) is 54.6 cm³/mol. The highest BCUT2D eigenvalue weighted by Crippen LogP contribution is 2.23. The van der Waals surface area contributed by atoms with Crippen LogP contribution in [-0.2, 0) is 9.84 Å². The number of aromatic amines is 1. The third-order valence-corrected chi connectivity index (χ3v) is 3.23. The Bertz CT molecular complexity index is 628. The van der Waals surface area contributed by atoms with Crippen molar-refractivity contribution in [3.05, 3.63) is 24.0 Å². The van der Waals surface area contributed by atoms with Gasteiger partial charge in [0.25, 0.3) is 0 Å². The summed E-state index contributed by atoms with van der Waals surface area (Å²) in [4.78, 5) is 17.5. The van der Waals surface area contributed by atoms with Crippen molar-refractivity contribution in [1.29, 1.82) is 0 Å². The van der Waals surface area contributed by atoms with E-state index < -0.39 is 9.84 Å². The Morgan fingerprint density at radius 2 is 2.20 bits per heavy atom.